The Morgan fingerprint density at radius 1 is 1.00 bits per heavy atom. The third-order valence-electron chi connectivity index (χ3n) is 5.67. The number of nitrogens with zero attached hydrogens (tertiary/aromatic N) is 2. The van der Waals surface area contributed by atoms with Crippen molar-refractivity contribution in [2.45, 2.75) is 32.4 Å². The molecule has 142 valence electrons. The molecular formula is C22H26N2O2S. The van der Waals surface area contributed by atoms with Gasteiger partial charge in [0.05, 0.1) is 0 Å². The van der Waals surface area contributed by atoms with E-state index in [1.54, 1.807) is 10.4 Å². The van der Waals surface area contributed by atoms with Crippen LogP contribution in [0.1, 0.15) is 28.7 Å². The first-order valence-electron chi connectivity index (χ1n) is 9.57. The van der Waals surface area contributed by atoms with E-state index < -0.39 is 10.0 Å². The summed E-state index contributed by atoms with van der Waals surface area (Å²) in [7, 11) is -3.37. The maximum Gasteiger partial charge on any atom is 0.236 e. The first kappa shape index (κ1) is 18.4. The number of benzene rings is 2. The highest BCUT2D eigenvalue weighted by molar-refractivity contribution is 7.92. The van der Waals surface area contributed by atoms with Crippen LogP contribution in [0.15, 0.2) is 53.9 Å². The Balaban J connectivity index is 1.41. The fraction of sp³-hybridized carbons (Fsp3) is 0.364. The van der Waals surface area contributed by atoms with Gasteiger partial charge in [-0.05, 0) is 42.5 Å². The number of fused-ring (bicyclic) bond motifs is 1. The van der Waals surface area contributed by atoms with E-state index in [2.05, 4.69) is 29.2 Å². The molecule has 4 nitrogen and oxygen atoms in total. The van der Waals surface area contributed by atoms with Gasteiger partial charge in [0.2, 0.25) is 10.0 Å². The van der Waals surface area contributed by atoms with Crippen LogP contribution in [0.3, 0.4) is 0 Å². The topological polar surface area (TPSA) is 40.6 Å². The predicted molar refractivity (Wildman–Crippen MR) is 110 cm³/mol. The summed E-state index contributed by atoms with van der Waals surface area (Å²) in [5.74, 6) is 0. The van der Waals surface area contributed by atoms with Crippen LogP contribution in [-0.2, 0) is 23.0 Å². The molecule has 0 radical (unpaired) electrons. The van der Waals surface area contributed by atoms with Gasteiger partial charge in [-0.15, -0.1) is 0 Å². The molecule has 1 unspecified atom stereocenters. The van der Waals surface area contributed by atoms with Crippen molar-refractivity contribution in [3.63, 3.8) is 0 Å². The molecule has 2 aromatic carbocycles. The van der Waals surface area contributed by atoms with Crippen LogP contribution in [0.4, 0.5) is 0 Å². The van der Waals surface area contributed by atoms with Gasteiger partial charge in [-0.25, -0.2) is 8.42 Å². The number of rotatable bonds is 4. The fourth-order valence-corrected chi connectivity index (χ4v) is 5.24. The lowest BCUT2D eigenvalue weighted by Gasteiger charge is -2.33. The highest BCUT2D eigenvalue weighted by atomic mass is 32.2. The Morgan fingerprint density at radius 3 is 2.52 bits per heavy atom. The third-order valence-corrected chi connectivity index (χ3v) is 7.20. The highest BCUT2D eigenvalue weighted by Gasteiger charge is 2.34. The lowest BCUT2D eigenvalue weighted by atomic mass is 9.98. The molecule has 2 aliphatic rings. The van der Waals surface area contributed by atoms with E-state index in [9.17, 15) is 8.42 Å². The summed E-state index contributed by atoms with van der Waals surface area (Å²) in [5, 5.41) is 1.35. The van der Waals surface area contributed by atoms with Gasteiger partial charge in [-0.3, -0.25) is 4.90 Å². The van der Waals surface area contributed by atoms with E-state index in [1.165, 1.54) is 22.1 Å². The van der Waals surface area contributed by atoms with E-state index >= 15 is 0 Å². The molecule has 0 aromatic heterocycles. The van der Waals surface area contributed by atoms with Crippen LogP contribution < -0.4 is 0 Å². The van der Waals surface area contributed by atoms with Crippen LogP contribution in [0.5, 0.6) is 0 Å². The molecule has 0 N–H and O–H groups in total. The lowest BCUT2D eigenvalue weighted by Crippen LogP contribution is -2.41. The minimum atomic E-state index is -3.37. The van der Waals surface area contributed by atoms with Crippen molar-refractivity contribution in [2.24, 2.45) is 0 Å². The van der Waals surface area contributed by atoms with E-state index in [-0.39, 0.29) is 0 Å². The maximum absolute atomic E-state index is 12.7. The van der Waals surface area contributed by atoms with Crippen molar-refractivity contribution in [3.8, 4) is 0 Å². The standard InChI is InChI=1S/C22H26N2O2S/c1-18-6-8-19(9-7-18)12-15-27(25,26)24-14-11-22(17-24)23-13-10-20-4-2-3-5-21(20)16-23/h2-9,12,15,22H,10-11,13-14,16-17H2,1H3/b15-12+. The summed E-state index contributed by atoms with van der Waals surface area (Å²) >= 11 is 0. The molecule has 1 saturated heterocycles. The summed E-state index contributed by atoms with van der Waals surface area (Å²) < 4.78 is 27.1. The first-order valence-corrected chi connectivity index (χ1v) is 11.1. The zero-order chi connectivity index (χ0) is 18.9. The van der Waals surface area contributed by atoms with E-state index in [0.29, 0.717) is 19.1 Å². The average Bonchev–Trinajstić information content (AvgIpc) is 3.18. The Labute approximate surface area is 162 Å². The zero-order valence-corrected chi connectivity index (χ0v) is 16.5. The summed E-state index contributed by atoms with van der Waals surface area (Å²) in [6.45, 7) is 5.14. The van der Waals surface area contributed by atoms with Gasteiger partial charge >= 0.3 is 0 Å². The smallest absolute Gasteiger partial charge is 0.236 e. The maximum atomic E-state index is 12.7. The number of hydrogen-bond donors (Lipinski definition) is 0. The second-order valence-corrected chi connectivity index (χ2v) is 9.37. The first-order chi connectivity index (χ1) is 13.0. The van der Waals surface area contributed by atoms with Gasteiger partial charge in [0.25, 0.3) is 0 Å². The van der Waals surface area contributed by atoms with Gasteiger partial charge in [-0.1, -0.05) is 54.1 Å². The number of aryl methyl sites for hydroxylation is 1. The van der Waals surface area contributed by atoms with Gasteiger partial charge in [-0.2, -0.15) is 4.31 Å². The van der Waals surface area contributed by atoms with E-state index in [0.717, 1.165) is 31.5 Å². The monoisotopic (exact) mass is 382 g/mol. The Morgan fingerprint density at radius 2 is 1.74 bits per heavy atom. The van der Waals surface area contributed by atoms with Gasteiger partial charge in [0.15, 0.2) is 0 Å². The van der Waals surface area contributed by atoms with Crippen LogP contribution in [0.25, 0.3) is 6.08 Å². The largest absolute Gasteiger partial charge is 0.294 e. The van der Waals surface area contributed by atoms with Crippen LogP contribution in [0.2, 0.25) is 0 Å². The van der Waals surface area contributed by atoms with E-state index in [1.807, 2.05) is 31.2 Å². The third kappa shape index (κ3) is 4.15. The number of hydrogen-bond acceptors (Lipinski definition) is 3. The van der Waals surface area contributed by atoms with Crippen molar-refractivity contribution >= 4 is 16.1 Å². The fourth-order valence-electron chi connectivity index (χ4n) is 4.00. The molecular weight excluding hydrogens is 356 g/mol. The zero-order valence-electron chi connectivity index (χ0n) is 15.7. The molecule has 5 heteroatoms. The summed E-state index contributed by atoms with van der Waals surface area (Å²) in [6, 6.07) is 16.8. The molecule has 2 aliphatic heterocycles. The van der Waals surface area contributed by atoms with Crippen molar-refractivity contribution in [2.75, 3.05) is 19.6 Å². The van der Waals surface area contributed by atoms with Crippen molar-refractivity contribution in [1.29, 1.82) is 0 Å². The molecule has 0 spiro atoms. The molecule has 0 bridgehead atoms. The van der Waals surface area contributed by atoms with Gasteiger partial charge < -0.3 is 0 Å². The van der Waals surface area contributed by atoms with Crippen LogP contribution in [-0.4, -0.2) is 43.3 Å². The Kier molecular flexibility index (Phi) is 5.17. The van der Waals surface area contributed by atoms with E-state index in [4.69, 9.17) is 0 Å². The minimum absolute atomic E-state index is 0.306. The molecule has 4 rings (SSSR count). The molecule has 0 saturated carbocycles. The molecule has 0 aliphatic carbocycles. The molecule has 0 amide bonds. The SMILES string of the molecule is Cc1ccc(/C=C/S(=O)(=O)N2CCC(N3CCc4ccccc4C3)C2)cc1. The summed E-state index contributed by atoms with van der Waals surface area (Å²) in [5.41, 5.74) is 4.88. The van der Waals surface area contributed by atoms with Crippen LogP contribution in [0, 0.1) is 6.92 Å². The van der Waals surface area contributed by atoms with Gasteiger partial charge in [0.1, 0.15) is 0 Å². The molecule has 1 atom stereocenters. The normalized spacial score (nSPS) is 21.6. The Hall–Kier alpha value is -1.95. The predicted octanol–water partition coefficient (Wildman–Crippen LogP) is 3.43. The molecule has 1 fully saturated rings. The molecule has 2 aromatic rings. The van der Waals surface area contributed by atoms with Crippen LogP contribution >= 0.6 is 0 Å². The molecule has 2 heterocycles. The molecule has 27 heavy (non-hydrogen) atoms. The van der Waals surface area contributed by atoms with Gasteiger partial charge in [0, 0.05) is 37.6 Å². The van der Waals surface area contributed by atoms with Crippen molar-refractivity contribution in [1.82, 2.24) is 9.21 Å². The average molecular weight is 383 g/mol. The van der Waals surface area contributed by atoms with Crippen molar-refractivity contribution in [3.05, 3.63) is 76.2 Å². The quantitative estimate of drug-likeness (QED) is 0.813. The highest BCUT2D eigenvalue weighted by Crippen LogP contribution is 2.26. The second kappa shape index (κ2) is 7.58. The lowest BCUT2D eigenvalue weighted by molar-refractivity contribution is 0.185. The second-order valence-electron chi connectivity index (χ2n) is 7.55. The number of sulfonamides is 1. The summed E-state index contributed by atoms with van der Waals surface area (Å²) in [6.07, 6.45) is 3.64. The summed E-state index contributed by atoms with van der Waals surface area (Å²) in [4.78, 5) is 2.45. The Bertz CT molecular complexity index is 935. The van der Waals surface area contributed by atoms with Crippen molar-refractivity contribution < 1.29 is 8.42 Å². The minimum Gasteiger partial charge on any atom is -0.294 e.